The fraction of sp³-hybridized carbons (Fsp3) is 0.300. The molecule has 0 heterocycles. The Morgan fingerprint density at radius 1 is 1.07 bits per heavy atom. The van der Waals surface area contributed by atoms with E-state index >= 15 is 0 Å². The van der Waals surface area contributed by atoms with Gasteiger partial charge in [-0.25, -0.2) is 13.2 Å². The predicted octanol–water partition coefficient (Wildman–Crippen LogP) is 3.47. The fourth-order valence-electron chi connectivity index (χ4n) is 1.37. The highest BCUT2D eigenvalue weighted by Crippen LogP contribution is 2.24. The van der Waals surface area contributed by atoms with Crippen molar-refractivity contribution in [3.63, 3.8) is 0 Å². The molecule has 0 unspecified atom stereocenters. The molecule has 5 heteroatoms. The van der Waals surface area contributed by atoms with E-state index in [-0.39, 0.29) is 22.3 Å². The van der Waals surface area contributed by atoms with Crippen LogP contribution in [0.5, 0.6) is 0 Å². The number of carbonyl (C=O) groups excluding carboxylic acids is 1. The molecule has 0 spiro atoms. The molecule has 1 nitrogen and oxygen atoms in total. The van der Waals surface area contributed by atoms with Gasteiger partial charge >= 0.3 is 0 Å². The number of hydrogen-bond donors (Lipinski definition) is 0. The predicted molar refractivity (Wildman–Crippen MR) is 51.1 cm³/mol. The second-order valence-electron chi connectivity index (χ2n) is 2.90. The summed E-state index contributed by atoms with van der Waals surface area (Å²) in [5, 5.41) is -0.872. The molecule has 0 saturated heterocycles. The molecule has 0 saturated carbocycles. The van der Waals surface area contributed by atoms with Crippen molar-refractivity contribution in [2.45, 2.75) is 20.0 Å². The summed E-state index contributed by atoms with van der Waals surface area (Å²) in [5.74, 6) is 0. The van der Waals surface area contributed by atoms with Gasteiger partial charge in [0.1, 0.15) is 20.0 Å². The summed E-state index contributed by atoms with van der Waals surface area (Å²) in [6.45, 7) is -2.96. The van der Waals surface area contributed by atoms with Crippen molar-refractivity contribution >= 4 is 16.8 Å². The van der Waals surface area contributed by atoms with Gasteiger partial charge in [0.15, 0.2) is 0 Å². The summed E-state index contributed by atoms with van der Waals surface area (Å²) in [5.41, 5.74) is -0.338. The second-order valence-corrected chi connectivity index (χ2v) is 3.25. The SMILES string of the molecule is O=C(Cl)c1ccc(CF)c(CF)c1CF. The zero-order chi connectivity index (χ0) is 11.4. The first-order chi connectivity index (χ1) is 7.15. The van der Waals surface area contributed by atoms with Gasteiger partial charge in [-0.2, -0.15) is 0 Å². The molecule has 0 aliphatic carbocycles. The molecule has 0 N–H and O–H groups in total. The zero-order valence-corrected chi connectivity index (χ0v) is 8.45. The van der Waals surface area contributed by atoms with Crippen LogP contribution in [0, 0.1) is 0 Å². The van der Waals surface area contributed by atoms with E-state index < -0.39 is 25.3 Å². The number of halogens is 4. The third-order valence-corrected chi connectivity index (χ3v) is 2.35. The van der Waals surface area contributed by atoms with Crippen LogP contribution in [0.1, 0.15) is 27.0 Å². The van der Waals surface area contributed by atoms with E-state index in [1.165, 1.54) is 12.1 Å². The first kappa shape index (κ1) is 12.0. The van der Waals surface area contributed by atoms with Gasteiger partial charge < -0.3 is 0 Å². The number of alkyl halides is 3. The van der Waals surface area contributed by atoms with Crippen molar-refractivity contribution < 1.29 is 18.0 Å². The Bertz CT molecular complexity index is 379. The molecule has 0 bridgehead atoms. The Morgan fingerprint density at radius 3 is 2.07 bits per heavy atom. The highest BCUT2D eigenvalue weighted by atomic mass is 35.5. The summed E-state index contributed by atoms with van der Waals surface area (Å²) < 4.78 is 37.6. The van der Waals surface area contributed by atoms with Gasteiger partial charge in [0.2, 0.25) is 0 Å². The highest BCUT2D eigenvalue weighted by Gasteiger charge is 2.16. The number of rotatable bonds is 4. The molecule has 0 radical (unpaired) electrons. The summed E-state index contributed by atoms with van der Waals surface area (Å²) in [4.78, 5) is 10.9. The minimum absolute atomic E-state index is 0.0480. The van der Waals surface area contributed by atoms with Gasteiger partial charge in [-0.3, -0.25) is 4.79 Å². The lowest BCUT2D eigenvalue weighted by atomic mass is 9.98. The largest absolute Gasteiger partial charge is 0.276 e. The van der Waals surface area contributed by atoms with Crippen molar-refractivity contribution in [2.24, 2.45) is 0 Å². The number of carbonyl (C=O) groups is 1. The molecule has 0 aliphatic rings. The van der Waals surface area contributed by atoms with E-state index in [0.717, 1.165) is 0 Å². The average molecular weight is 237 g/mol. The minimum Gasteiger partial charge on any atom is -0.276 e. The van der Waals surface area contributed by atoms with Crippen LogP contribution in [0.25, 0.3) is 0 Å². The van der Waals surface area contributed by atoms with Gasteiger partial charge in [-0.1, -0.05) is 6.07 Å². The molecule has 0 aromatic heterocycles. The van der Waals surface area contributed by atoms with E-state index in [1.54, 1.807) is 0 Å². The van der Waals surface area contributed by atoms with Crippen LogP contribution in [0.2, 0.25) is 0 Å². The van der Waals surface area contributed by atoms with Crippen molar-refractivity contribution in [1.82, 2.24) is 0 Å². The summed E-state index contributed by atoms with van der Waals surface area (Å²) in [6.07, 6.45) is 0. The molecular formula is C10H8ClF3O. The van der Waals surface area contributed by atoms with Crippen LogP contribution < -0.4 is 0 Å². The highest BCUT2D eigenvalue weighted by molar-refractivity contribution is 6.67. The Labute approximate surface area is 89.9 Å². The molecule has 1 rings (SSSR count). The van der Waals surface area contributed by atoms with Crippen LogP contribution in [0.15, 0.2) is 12.1 Å². The van der Waals surface area contributed by atoms with Crippen LogP contribution in [-0.4, -0.2) is 5.24 Å². The molecule has 0 atom stereocenters. The smallest absolute Gasteiger partial charge is 0.252 e. The topological polar surface area (TPSA) is 17.1 Å². The van der Waals surface area contributed by atoms with Crippen LogP contribution in [-0.2, 0) is 20.0 Å². The minimum atomic E-state index is -1.04. The normalized spacial score (nSPS) is 10.4. The van der Waals surface area contributed by atoms with Crippen molar-refractivity contribution in [1.29, 1.82) is 0 Å². The molecule has 0 amide bonds. The fourth-order valence-corrected chi connectivity index (χ4v) is 1.55. The maximum Gasteiger partial charge on any atom is 0.252 e. The van der Waals surface area contributed by atoms with E-state index in [0.29, 0.717) is 0 Å². The molecule has 1 aromatic carbocycles. The lowest BCUT2D eigenvalue weighted by Crippen LogP contribution is -2.03. The van der Waals surface area contributed by atoms with Gasteiger partial charge in [-0.15, -0.1) is 0 Å². The quantitative estimate of drug-likeness (QED) is 0.732. The molecule has 0 fully saturated rings. The first-order valence-electron chi connectivity index (χ1n) is 4.17. The Morgan fingerprint density at radius 2 is 1.67 bits per heavy atom. The van der Waals surface area contributed by atoms with Crippen molar-refractivity contribution in [3.8, 4) is 0 Å². The number of benzene rings is 1. The number of hydrogen-bond acceptors (Lipinski definition) is 1. The standard InChI is InChI=1S/C10H8ClF3O/c11-10(15)7-2-1-6(3-12)8(4-13)9(7)5-14/h1-2H,3-5H2. The summed E-state index contributed by atoms with van der Waals surface area (Å²) >= 11 is 5.19. The molecule has 82 valence electrons. The van der Waals surface area contributed by atoms with Gasteiger partial charge in [0, 0.05) is 11.1 Å². The maximum atomic E-state index is 12.6. The van der Waals surface area contributed by atoms with E-state index in [1.807, 2.05) is 0 Å². The summed E-state index contributed by atoms with van der Waals surface area (Å²) in [6, 6.07) is 2.45. The van der Waals surface area contributed by atoms with E-state index in [9.17, 15) is 18.0 Å². The lowest BCUT2D eigenvalue weighted by molar-refractivity contribution is 0.107. The molecule has 1 aromatic rings. The Balaban J connectivity index is 3.40. The summed E-state index contributed by atoms with van der Waals surface area (Å²) in [7, 11) is 0. The molecule has 15 heavy (non-hydrogen) atoms. The maximum absolute atomic E-state index is 12.6. The van der Waals surface area contributed by atoms with Gasteiger partial charge in [0.25, 0.3) is 5.24 Å². The van der Waals surface area contributed by atoms with Crippen LogP contribution in [0.4, 0.5) is 13.2 Å². The lowest BCUT2D eigenvalue weighted by Gasteiger charge is -2.10. The van der Waals surface area contributed by atoms with Crippen LogP contribution >= 0.6 is 11.6 Å². The third-order valence-electron chi connectivity index (χ3n) is 2.15. The average Bonchev–Trinajstić information content (AvgIpc) is 2.26. The molecule has 0 aliphatic heterocycles. The van der Waals surface area contributed by atoms with E-state index in [2.05, 4.69) is 0 Å². The van der Waals surface area contributed by atoms with Crippen molar-refractivity contribution in [2.75, 3.05) is 0 Å². The third kappa shape index (κ3) is 2.31. The Hall–Kier alpha value is -1.03. The monoisotopic (exact) mass is 236 g/mol. The zero-order valence-electron chi connectivity index (χ0n) is 7.70. The van der Waals surface area contributed by atoms with Gasteiger partial charge in [-0.05, 0) is 28.8 Å². The van der Waals surface area contributed by atoms with Crippen molar-refractivity contribution in [3.05, 3.63) is 34.4 Å². The first-order valence-corrected chi connectivity index (χ1v) is 4.54. The van der Waals surface area contributed by atoms with Crippen LogP contribution in [0.3, 0.4) is 0 Å². The Kier molecular flexibility index (Phi) is 4.15. The second kappa shape index (κ2) is 5.16. The van der Waals surface area contributed by atoms with Gasteiger partial charge in [0.05, 0.1) is 0 Å². The van der Waals surface area contributed by atoms with E-state index in [4.69, 9.17) is 11.6 Å². The molecular weight excluding hydrogens is 229 g/mol.